The Morgan fingerprint density at radius 1 is 1.42 bits per heavy atom. The molecule has 1 nitrogen and oxygen atoms in total. The Morgan fingerprint density at radius 3 is 2.75 bits per heavy atom. The van der Waals surface area contributed by atoms with Crippen molar-refractivity contribution >= 4 is 0 Å². The summed E-state index contributed by atoms with van der Waals surface area (Å²) in [5.74, 6) is 4.86. The van der Waals surface area contributed by atoms with Crippen LogP contribution >= 0.6 is 0 Å². The standard InChI is InChI=1S/C11H21N/c1-7-3-4-9-5-10(11(7)9)8(2)6-12/h7-11H,3-6,12H2,1-2H3. The maximum absolute atomic E-state index is 5.71. The second-order valence-corrected chi connectivity index (χ2v) is 5.00. The molecule has 2 fully saturated rings. The van der Waals surface area contributed by atoms with Crippen molar-refractivity contribution in [2.24, 2.45) is 35.3 Å². The van der Waals surface area contributed by atoms with Crippen molar-refractivity contribution in [3.63, 3.8) is 0 Å². The summed E-state index contributed by atoms with van der Waals surface area (Å²) in [6, 6.07) is 0. The Labute approximate surface area is 75.7 Å². The molecular weight excluding hydrogens is 146 g/mol. The van der Waals surface area contributed by atoms with E-state index in [1.807, 2.05) is 0 Å². The lowest BCUT2D eigenvalue weighted by Gasteiger charge is -2.46. The molecule has 5 atom stereocenters. The zero-order valence-corrected chi connectivity index (χ0v) is 8.29. The van der Waals surface area contributed by atoms with Gasteiger partial charge in [0.2, 0.25) is 0 Å². The van der Waals surface area contributed by atoms with E-state index in [1.165, 1.54) is 19.3 Å². The molecule has 70 valence electrons. The highest BCUT2D eigenvalue weighted by molar-refractivity contribution is 4.98. The highest BCUT2D eigenvalue weighted by Crippen LogP contribution is 2.56. The van der Waals surface area contributed by atoms with Crippen LogP contribution in [0.25, 0.3) is 0 Å². The number of fused-ring (bicyclic) bond motifs is 1. The van der Waals surface area contributed by atoms with Crippen LogP contribution < -0.4 is 5.73 Å². The number of rotatable bonds is 2. The van der Waals surface area contributed by atoms with Gasteiger partial charge in [0, 0.05) is 0 Å². The highest BCUT2D eigenvalue weighted by atomic mass is 14.6. The molecule has 0 aromatic rings. The average Bonchev–Trinajstić information content (AvgIpc) is 2.26. The van der Waals surface area contributed by atoms with Crippen LogP contribution in [0.5, 0.6) is 0 Å². The molecule has 0 radical (unpaired) electrons. The molecule has 0 aromatic carbocycles. The van der Waals surface area contributed by atoms with E-state index in [0.29, 0.717) is 0 Å². The quantitative estimate of drug-likeness (QED) is 0.671. The van der Waals surface area contributed by atoms with E-state index < -0.39 is 0 Å². The minimum absolute atomic E-state index is 0.770. The van der Waals surface area contributed by atoms with E-state index in [2.05, 4.69) is 13.8 Å². The van der Waals surface area contributed by atoms with Crippen molar-refractivity contribution < 1.29 is 0 Å². The van der Waals surface area contributed by atoms with E-state index >= 15 is 0 Å². The molecule has 0 spiro atoms. The van der Waals surface area contributed by atoms with Crippen LogP contribution in [0.4, 0.5) is 0 Å². The molecule has 2 N–H and O–H groups in total. The van der Waals surface area contributed by atoms with Crippen LogP contribution in [0.1, 0.15) is 33.1 Å². The Balaban J connectivity index is 1.96. The molecule has 2 aliphatic rings. The van der Waals surface area contributed by atoms with Crippen LogP contribution in [-0.2, 0) is 0 Å². The SMILES string of the molecule is CC(CN)C1CC2CCC(C)C21. The van der Waals surface area contributed by atoms with Crippen LogP contribution in [0.3, 0.4) is 0 Å². The Bertz CT molecular complexity index is 160. The van der Waals surface area contributed by atoms with E-state index in [0.717, 1.165) is 36.1 Å². The largest absolute Gasteiger partial charge is 0.330 e. The molecule has 0 bridgehead atoms. The van der Waals surface area contributed by atoms with Crippen molar-refractivity contribution in [3.05, 3.63) is 0 Å². The second kappa shape index (κ2) is 3.02. The van der Waals surface area contributed by atoms with Gasteiger partial charge in [-0.15, -0.1) is 0 Å². The lowest BCUT2D eigenvalue weighted by molar-refractivity contribution is 0.0334. The van der Waals surface area contributed by atoms with Gasteiger partial charge < -0.3 is 5.73 Å². The molecule has 2 aliphatic carbocycles. The third kappa shape index (κ3) is 1.10. The monoisotopic (exact) mass is 167 g/mol. The fourth-order valence-electron chi connectivity index (χ4n) is 3.47. The Morgan fingerprint density at radius 2 is 2.17 bits per heavy atom. The highest BCUT2D eigenvalue weighted by Gasteiger charge is 2.48. The van der Waals surface area contributed by atoms with Gasteiger partial charge in [-0.2, -0.15) is 0 Å². The summed E-state index contributed by atoms with van der Waals surface area (Å²) < 4.78 is 0. The van der Waals surface area contributed by atoms with E-state index in [4.69, 9.17) is 5.73 Å². The van der Waals surface area contributed by atoms with Crippen LogP contribution in [0, 0.1) is 29.6 Å². The topological polar surface area (TPSA) is 26.0 Å². The van der Waals surface area contributed by atoms with Gasteiger partial charge in [-0.1, -0.05) is 20.3 Å². The summed E-state index contributed by atoms with van der Waals surface area (Å²) >= 11 is 0. The Hall–Kier alpha value is -0.0400. The van der Waals surface area contributed by atoms with Crippen LogP contribution in [0.2, 0.25) is 0 Å². The van der Waals surface area contributed by atoms with Gasteiger partial charge in [0.05, 0.1) is 0 Å². The van der Waals surface area contributed by atoms with Crippen molar-refractivity contribution in [1.29, 1.82) is 0 Å². The van der Waals surface area contributed by atoms with Gasteiger partial charge >= 0.3 is 0 Å². The first-order chi connectivity index (χ1) is 5.74. The summed E-state index contributed by atoms with van der Waals surface area (Å²) in [4.78, 5) is 0. The number of nitrogens with two attached hydrogens (primary N) is 1. The summed E-state index contributed by atoms with van der Waals surface area (Å²) in [5.41, 5.74) is 5.71. The van der Waals surface area contributed by atoms with Gasteiger partial charge in [0.25, 0.3) is 0 Å². The maximum Gasteiger partial charge on any atom is -0.00487 e. The van der Waals surface area contributed by atoms with Gasteiger partial charge in [0.1, 0.15) is 0 Å². The molecule has 0 amide bonds. The first kappa shape index (κ1) is 8.55. The summed E-state index contributed by atoms with van der Waals surface area (Å²) in [6.07, 6.45) is 4.45. The zero-order chi connectivity index (χ0) is 8.72. The van der Waals surface area contributed by atoms with Crippen molar-refractivity contribution in [2.45, 2.75) is 33.1 Å². The number of hydrogen-bond donors (Lipinski definition) is 1. The molecule has 0 saturated heterocycles. The van der Waals surface area contributed by atoms with E-state index in [9.17, 15) is 0 Å². The molecule has 0 heterocycles. The van der Waals surface area contributed by atoms with Crippen LogP contribution in [0.15, 0.2) is 0 Å². The average molecular weight is 167 g/mol. The molecule has 2 saturated carbocycles. The van der Waals surface area contributed by atoms with Gasteiger partial charge in [-0.05, 0) is 49.0 Å². The predicted octanol–water partition coefficient (Wildman–Crippen LogP) is 2.26. The van der Waals surface area contributed by atoms with E-state index in [-0.39, 0.29) is 0 Å². The third-order valence-electron chi connectivity index (χ3n) is 4.37. The maximum atomic E-state index is 5.71. The molecule has 2 rings (SSSR count). The van der Waals surface area contributed by atoms with Crippen molar-refractivity contribution in [2.75, 3.05) is 6.54 Å². The zero-order valence-electron chi connectivity index (χ0n) is 8.29. The smallest absolute Gasteiger partial charge is 0.00487 e. The lowest BCUT2D eigenvalue weighted by atomic mass is 9.60. The van der Waals surface area contributed by atoms with Gasteiger partial charge in [0.15, 0.2) is 0 Å². The molecule has 0 aromatic heterocycles. The molecular formula is C11H21N. The van der Waals surface area contributed by atoms with Crippen LogP contribution in [-0.4, -0.2) is 6.54 Å². The fourth-order valence-corrected chi connectivity index (χ4v) is 3.47. The molecule has 12 heavy (non-hydrogen) atoms. The number of hydrogen-bond acceptors (Lipinski definition) is 1. The fraction of sp³-hybridized carbons (Fsp3) is 1.00. The minimum Gasteiger partial charge on any atom is -0.330 e. The Kier molecular flexibility index (Phi) is 2.16. The van der Waals surface area contributed by atoms with E-state index in [1.54, 1.807) is 0 Å². The third-order valence-corrected chi connectivity index (χ3v) is 4.37. The first-order valence-corrected chi connectivity index (χ1v) is 5.44. The minimum atomic E-state index is 0.770. The molecule has 1 heteroatoms. The van der Waals surface area contributed by atoms with Crippen molar-refractivity contribution in [1.82, 2.24) is 0 Å². The predicted molar refractivity (Wildman–Crippen MR) is 51.7 cm³/mol. The van der Waals surface area contributed by atoms with Crippen molar-refractivity contribution in [3.8, 4) is 0 Å². The summed E-state index contributed by atoms with van der Waals surface area (Å²) in [5, 5.41) is 0. The van der Waals surface area contributed by atoms with Gasteiger partial charge in [-0.3, -0.25) is 0 Å². The molecule has 5 unspecified atom stereocenters. The summed E-state index contributed by atoms with van der Waals surface area (Å²) in [7, 11) is 0. The molecule has 0 aliphatic heterocycles. The van der Waals surface area contributed by atoms with Gasteiger partial charge in [-0.25, -0.2) is 0 Å². The summed E-state index contributed by atoms with van der Waals surface area (Å²) in [6.45, 7) is 5.65. The first-order valence-electron chi connectivity index (χ1n) is 5.44. The lowest BCUT2D eigenvalue weighted by Crippen LogP contribution is -2.41. The second-order valence-electron chi connectivity index (χ2n) is 5.00. The normalized spacial score (nSPS) is 48.2.